The lowest BCUT2D eigenvalue weighted by Gasteiger charge is -2.67. The van der Waals surface area contributed by atoms with Crippen LogP contribution in [0.1, 0.15) is 120 Å². The van der Waals surface area contributed by atoms with Crippen LogP contribution < -0.4 is 0 Å². The zero-order valence-corrected chi connectivity index (χ0v) is 48.3. The molecule has 9 rings (SSSR count). The monoisotopic (exact) mass is 1160 g/mol. The number of carbonyl (C=O) groups excluding carboxylic acids is 2. The van der Waals surface area contributed by atoms with Crippen LogP contribution in [-0.4, -0.2) is 250 Å². The van der Waals surface area contributed by atoms with Crippen LogP contribution >= 0.6 is 0 Å². The molecule has 0 amide bonds. The molecule has 0 bridgehead atoms. The molecule has 0 radical (unpaired) electrons. The lowest BCUT2D eigenvalue weighted by Crippen LogP contribution is -2.78. The average molecular weight is 1160 g/mol. The van der Waals surface area contributed by atoms with E-state index in [1.165, 1.54) is 28.1 Å². The largest absolute Gasteiger partial charge is 0.462 e. The molecule has 0 aromatic heterocycles. The molecule has 5 heterocycles. The summed E-state index contributed by atoms with van der Waals surface area (Å²) in [7, 11) is 4.43. The highest BCUT2D eigenvalue weighted by molar-refractivity contribution is 5.87. The Hall–Kier alpha value is -2.00. The molecule has 25 nitrogen and oxygen atoms in total. The van der Waals surface area contributed by atoms with E-state index in [0.717, 1.165) is 5.57 Å². The third-order valence-electron chi connectivity index (χ3n) is 20.3. The highest BCUT2D eigenvalue weighted by atomic mass is 16.8. The van der Waals surface area contributed by atoms with Crippen molar-refractivity contribution in [1.82, 2.24) is 0 Å². The van der Waals surface area contributed by atoms with Gasteiger partial charge in [-0.25, -0.2) is 0 Å². The van der Waals surface area contributed by atoms with Gasteiger partial charge < -0.3 is 112 Å². The molecule has 5 saturated heterocycles. The minimum absolute atomic E-state index is 0.0504. The summed E-state index contributed by atoms with van der Waals surface area (Å²) in [5.74, 6) is -1.74. The van der Waals surface area contributed by atoms with Crippen molar-refractivity contribution in [3.63, 3.8) is 0 Å². The first-order chi connectivity index (χ1) is 38.1. The fraction of sp³-hybridized carbons (Fsp3) is 0.929. The molecule has 0 aromatic carbocycles. The molecule has 3 saturated carbocycles. The predicted molar refractivity (Wildman–Crippen MR) is 275 cm³/mol. The van der Waals surface area contributed by atoms with Crippen molar-refractivity contribution in [2.75, 3.05) is 27.9 Å². The highest BCUT2D eigenvalue weighted by Crippen LogP contribution is 2.71. The number of fused-ring (bicyclic) bond motifs is 5. The van der Waals surface area contributed by atoms with Gasteiger partial charge >= 0.3 is 5.97 Å². The van der Waals surface area contributed by atoms with Gasteiger partial charge in [-0.1, -0.05) is 18.6 Å². The van der Waals surface area contributed by atoms with Crippen molar-refractivity contribution in [3.05, 3.63) is 11.6 Å². The molecule has 4 aliphatic carbocycles. The number of rotatable bonds is 16. The van der Waals surface area contributed by atoms with E-state index in [1.54, 1.807) is 34.8 Å². The third kappa shape index (κ3) is 11.0. The summed E-state index contributed by atoms with van der Waals surface area (Å²) in [6.45, 7) is 12.5. The molecular weight excluding hydrogens is 1070 g/mol. The Kier molecular flexibility index (Phi) is 19.0. The minimum atomic E-state index is -2.02. The van der Waals surface area contributed by atoms with Crippen molar-refractivity contribution < 1.29 is 122 Å². The molecule has 5 aliphatic heterocycles. The maximum atomic E-state index is 13.1. The Morgan fingerprint density at radius 2 is 1.17 bits per heavy atom. The standard InChI is InChI=1S/C56H90O25/c1-24-45(32(60)19-38(71-24)76-31-13-14-52(7)30(18-31)12-15-55(66)36(52)22-37(75-29(6)59)53(8)54(65,28(5)58)16-17-56(53,55)67)78-39-20-33(68-9)46(25(2)72-39)79-40-21-34(69-10)47(26(3)73-40)80-51-44(64)49(70-11)48(27(4)74-51)81-50-43(63)42(62)41(61)35(23-57)77-50/h12,24-27,31-51,57,60-67H,13-23H2,1-11H3/t24-,25-,26-,27-,31+,32+,33+,34-,35-,36-,37-,38+,39+,40+,41-,42+,43-,44-,45-,46-,47-,48-,49-,50+,51+,52+,53-,54-,55+,56-/m1/s1. The number of esters is 1. The SMILES string of the molecule is CO[C@@H]1[C@@H](O)[C@H](O[C@@H]2[C@@H](C)O[C@@H](O[C@H]3[C@@H](OC)C[C@H](O[C@H]4[C@@H](O)C[C@H](O[C@H]5CC[C@@]6(C)C(=CC[C@]7(O)[C@@H]6C[C@@H](OC(C)=O)[C@@]6(C)[C@]7(O)CC[C@@]6(O)C(C)=O)C5)O[C@@H]4C)O[C@@H]3C)C[C@H]2OC)O[C@H](C)[C@H]1O[C@@H]1O[C@H](CO)[C@@H](O)[C@H](O)[C@H]1O. The van der Waals surface area contributed by atoms with E-state index in [-0.39, 0.29) is 51.0 Å². The van der Waals surface area contributed by atoms with E-state index >= 15 is 0 Å². The Balaban J connectivity index is 0.764. The Labute approximate surface area is 472 Å². The summed E-state index contributed by atoms with van der Waals surface area (Å²) >= 11 is 0. The Bertz CT molecular complexity index is 2210. The number of aliphatic hydroxyl groups is 9. The van der Waals surface area contributed by atoms with E-state index in [2.05, 4.69) is 6.92 Å². The first kappa shape index (κ1) is 63.5. The topological polar surface area (TPSA) is 345 Å². The summed E-state index contributed by atoms with van der Waals surface area (Å²) in [5, 5.41) is 101. The molecule has 0 spiro atoms. The van der Waals surface area contributed by atoms with Gasteiger partial charge in [-0.15, -0.1) is 0 Å². The van der Waals surface area contributed by atoms with Crippen molar-refractivity contribution in [3.8, 4) is 0 Å². The lowest BCUT2D eigenvalue weighted by atomic mass is 9.42. The van der Waals surface area contributed by atoms with E-state index in [4.69, 9.17) is 66.3 Å². The average Bonchev–Trinajstić information content (AvgIpc) is 3.43. The molecule has 81 heavy (non-hydrogen) atoms. The second-order valence-corrected chi connectivity index (χ2v) is 24.8. The van der Waals surface area contributed by atoms with Gasteiger partial charge in [0.2, 0.25) is 0 Å². The number of aliphatic hydroxyl groups excluding tert-OH is 6. The smallest absolute Gasteiger partial charge is 0.302 e. The van der Waals surface area contributed by atoms with Crippen molar-refractivity contribution in [2.24, 2.45) is 16.7 Å². The van der Waals surface area contributed by atoms with Gasteiger partial charge in [0.15, 0.2) is 37.2 Å². The fourth-order valence-corrected chi connectivity index (χ4v) is 15.6. The summed E-state index contributed by atoms with van der Waals surface area (Å²) < 4.78 is 86.1. The number of hydrogen-bond donors (Lipinski definition) is 9. The van der Waals surface area contributed by atoms with E-state index < -0.39 is 193 Å². The fourth-order valence-electron chi connectivity index (χ4n) is 15.6. The molecule has 9 N–H and O–H groups in total. The van der Waals surface area contributed by atoms with Gasteiger partial charge in [-0.2, -0.15) is 0 Å². The first-order valence-electron chi connectivity index (χ1n) is 28.8. The number of ether oxygens (including phenoxy) is 14. The lowest BCUT2D eigenvalue weighted by molar-refractivity contribution is -0.374. The van der Waals surface area contributed by atoms with E-state index in [0.29, 0.717) is 19.3 Å². The first-order valence-corrected chi connectivity index (χ1v) is 28.8. The van der Waals surface area contributed by atoms with Gasteiger partial charge in [0.1, 0.15) is 83.9 Å². The molecular formula is C56H90O25. The molecule has 464 valence electrons. The van der Waals surface area contributed by atoms with Crippen LogP contribution in [0.25, 0.3) is 0 Å². The van der Waals surface area contributed by atoms with Gasteiger partial charge in [-0.05, 0) is 91.9 Å². The predicted octanol–water partition coefficient (Wildman–Crippen LogP) is -0.317. The van der Waals surface area contributed by atoms with Crippen molar-refractivity contribution in [2.45, 2.75) is 284 Å². The van der Waals surface area contributed by atoms with Crippen molar-refractivity contribution in [1.29, 1.82) is 0 Å². The van der Waals surface area contributed by atoms with Gasteiger partial charge in [0.05, 0.1) is 60.9 Å². The van der Waals surface area contributed by atoms with Gasteiger partial charge in [0, 0.05) is 53.4 Å². The maximum Gasteiger partial charge on any atom is 0.302 e. The number of carbonyl (C=O) groups is 2. The van der Waals surface area contributed by atoms with Crippen molar-refractivity contribution >= 4 is 11.8 Å². The minimum Gasteiger partial charge on any atom is -0.462 e. The second kappa shape index (κ2) is 24.3. The third-order valence-corrected chi connectivity index (χ3v) is 20.3. The Morgan fingerprint density at radius 3 is 1.74 bits per heavy atom. The summed E-state index contributed by atoms with van der Waals surface area (Å²) in [5.41, 5.74) is -6.98. The molecule has 8 fully saturated rings. The van der Waals surface area contributed by atoms with Crippen LogP contribution in [0.5, 0.6) is 0 Å². The van der Waals surface area contributed by atoms with Crippen LogP contribution in [0.2, 0.25) is 0 Å². The van der Waals surface area contributed by atoms with E-state index in [1.807, 2.05) is 13.0 Å². The summed E-state index contributed by atoms with van der Waals surface area (Å²) in [6, 6.07) is 0. The summed E-state index contributed by atoms with van der Waals surface area (Å²) in [6.07, 6.45) is -19.1. The number of ketones is 1. The van der Waals surface area contributed by atoms with Crippen LogP contribution in [-0.2, 0) is 75.9 Å². The molecule has 25 heteroatoms. The zero-order chi connectivity index (χ0) is 59.1. The normalized spacial score (nSPS) is 52.9. The molecule has 0 unspecified atom stereocenters. The van der Waals surface area contributed by atoms with Crippen LogP contribution in [0.3, 0.4) is 0 Å². The van der Waals surface area contributed by atoms with E-state index in [9.17, 15) is 55.5 Å². The van der Waals surface area contributed by atoms with Gasteiger partial charge in [0.25, 0.3) is 0 Å². The quantitative estimate of drug-likeness (QED) is 0.0707. The summed E-state index contributed by atoms with van der Waals surface area (Å²) in [4.78, 5) is 25.6. The number of Topliss-reactive ketones (excluding diaryl/α,β-unsaturated/α-hetero) is 1. The highest BCUT2D eigenvalue weighted by Gasteiger charge is 2.81. The maximum absolute atomic E-state index is 13.1. The van der Waals surface area contributed by atoms with Crippen LogP contribution in [0.15, 0.2) is 11.6 Å². The van der Waals surface area contributed by atoms with Crippen LogP contribution in [0, 0.1) is 16.7 Å². The van der Waals surface area contributed by atoms with Gasteiger partial charge in [-0.3, -0.25) is 9.59 Å². The second-order valence-electron chi connectivity index (χ2n) is 24.8. The molecule has 30 atom stereocenters. The van der Waals surface area contributed by atoms with Crippen LogP contribution in [0.4, 0.5) is 0 Å². The number of methoxy groups -OCH3 is 3. The molecule has 9 aliphatic rings. The molecule has 0 aromatic rings. The zero-order valence-electron chi connectivity index (χ0n) is 48.3. The Morgan fingerprint density at radius 1 is 0.617 bits per heavy atom. The number of hydrogen-bond acceptors (Lipinski definition) is 25.